The molecule has 0 aromatic heterocycles. The Hall–Kier alpha value is -0.570. The first-order valence-electron chi connectivity index (χ1n) is 7.34. The van der Waals surface area contributed by atoms with Gasteiger partial charge in [0.25, 0.3) is 0 Å². The summed E-state index contributed by atoms with van der Waals surface area (Å²) in [5.41, 5.74) is 0. The lowest BCUT2D eigenvalue weighted by molar-refractivity contribution is -0.125. The lowest BCUT2D eigenvalue weighted by Gasteiger charge is -2.24. The average molecular weight is 238 g/mol. The third-order valence-electron chi connectivity index (χ3n) is 4.23. The van der Waals surface area contributed by atoms with Gasteiger partial charge in [0.2, 0.25) is 5.91 Å². The van der Waals surface area contributed by atoms with Crippen molar-refractivity contribution in [3.8, 4) is 0 Å². The number of nitrogens with one attached hydrogen (secondary N) is 2. The smallest absolute Gasteiger partial charge is 0.223 e. The van der Waals surface area contributed by atoms with Crippen LogP contribution in [0.1, 0.15) is 51.4 Å². The van der Waals surface area contributed by atoms with Gasteiger partial charge in [-0.25, -0.2) is 0 Å². The van der Waals surface area contributed by atoms with Crippen molar-refractivity contribution in [2.75, 3.05) is 19.6 Å². The molecule has 2 fully saturated rings. The van der Waals surface area contributed by atoms with Crippen LogP contribution in [0, 0.1) is 11.8 Å². The molecule has 0 spiro atoms. The predicted molar refractivity (Wildman–Crippen MR) is 69.8 cm³/mol. The zero-order valence-corrected chi connectivity index (χ0v) is 10.8. The van der Waals surface area contributed by atoms with E-state index in [-0.39, 0.29) is 0 Å². The quantitative estimate of drug-likeness (QED) is 0.787. The van der Waals surface area contributed by atoms with Gasteiger partial charge in [0.15, 0.2) is 0 Å². The van der Waals surface area contributed by atoms with Crippen molar-refractivity contribution in [3.05, 3.63) is 0 Å². The van der Waals surface area contributed by atoms with Crippen LogP contribution in [0.15, 0.2) is 0 Å². The highest BCUT2D eigenvalue weighted by molar-refractivity contribution is 5.78. The summed E-state index contributed by atoms with van der Waals surface area (Å²) in [6, 6.07) is 0. The molecule has 1 saturated carbocycles. The predicted octanol–water partition coefficient (Wildman–Crippen LogP) is 2.07. The maximum Gasteiger partial charge on any atom is 0.223 e. The van der Waals surface area contributed by atoms with E-state index in [4.69, 9.17) is 0 Å². The van der Waals surface area contributed by atoms with E-state index >= 15 is 0 Å². The summed E-state index contributed by atoms with van der Waals surface area (Å²) < 4.78 is 0. The molecule has 0 aromatic carbocycles. The fourth-order valence-electron chi connectivity index (χ4n) is 3.08. The minimum absolute atomic E-state index is 0.313. The SMILES string of the molecule is O=C(NCCC1CCCNC1)C1CCCCC1. The molecule has 0 radical (unpaired) electrons. The van der Waals surface area contributed by atoms with Crippen molar-refractivity contribution in [2.45, 2.75) is 51.4 Å². The first-order chi connectivity index (χ1) is 8.36. The molecule has 2 rings (SSSR count). The molecule has 0 bridgehead atoms. The Kier molecular flexibility index (Phi) is 5.30. The van der Waals surface area contributed by atoms with Gasteiger partial charge in [-0.2, -0.15) is 0 Å². The summed E-state index contributed by atoms with van der Waals surface area (Å²) >= 11 is 0. The number of piperidine rings is 1. The van der Waals surface area contributed by atoms with E-state index in [2.05, 4.69) is 10.6 Å². The zero-order chi connectivity index (χ0) is 11.9. The second-order valence-electron chi connectivity index (χ2n) is 5.63. The molecule has 98 valence electrons. The third-order valence-corrected chi connectivity index (χ3v) is 4.23. The van der Waals surface area contributed by atoms with Crippen molar-refractivity contribution in [2.24, 2.45) is 11.8 Å². The van der Waals surface area contributed by atoms with Crippen molar-refractivity contribution in [3.63, 3.8) is 0 Å². The van der Waals surface area contributed by atoms with Gasteiger partial charge in [0.05, 0.1) is 0 Å². The first kappa shape index (κ1) is 12.9. The molecule has 3 nitrogen and oxygen atoms in total. The van der Waals surface area contributed by atoms with Gasteiger partial charge in [-0.3, -0.25) is 4.79 Å². The monoisotopic (exact) mass is 238 g/mol. The Morgan fingerprint density at radius 3 is 2.65 bits per heavy atom. The van der Waals surface area contributed by atoms with E-state index in [0.717, 1.165) is 38.3 Å². The molecule has 3 heteroatoms. The molecular weight excluding hydrogens is 212 g/mol. The van der Waals surface area contributed by atoms with Crippen molar-refractivity contribution in [1.82, 2.24) is 10.6 Å². The number of hydrogen-bond acceptors (Lipinski definition) is 2. The van der Waals surface area contributed by atoms with E-state index in [1.165, 1.54) is 38.6 Å². The third kappa shape index (κ3) is 4.30. The van der Waals surface area contributed by atoms with Gasteiger partial charge in [-0.05, 0) is 51.1 Å². The fraction of sp³-hybridized carbons (Fsp3) is 0.929. The van der Waals surface area contributed by atoms with Gasteiger partial charge in [0, 0.05) is 12.5 Å². The van der Waals surface area contributed by atoms with E-state index in [1.807, 2.05) is 0 Å². The average Bonchev–Trinajstić information content (AvgIpc) is 2.41. The van der Waals surface area contributed by atoms with Gasteiger partial charge < -0.3 is 10.6 Å². The standard InChI is InChI=1S/C14H26N2O/c17-14(13-6-2-1-3-7-13)16-10-8-12-5-4-9-15-11-12/h12-13,15H,1-11H2,(H,16,17). The number of rotatable bonds is 4. The number of carbonyl (C=O) groups excluding carboxylic acids is 1. The molecule has 2 N–H and O–H groups in total. The maximum atomic E-state index is 11.9. The summed E-state index contributed by atoms with van der Waals surface area (Å²) in [7, 11) is 0. The van der Waals surface area contributed by atoms with Crippen LogP contribution in [0.5, 0.6) is 0 Å². The Bertz CT molecular complexity index is 230. The van der Waals surface area contributed by atoms with Crippen LogP contribution < -0.4 is 10.6 Å². The molecule has 2 aliphatic rings. The summed E-state index contributed by atoms with van der Waals surface area (Å²) in [5.74, 6) is 1.40. The molecular formula is C14H26N2O. The minimum atomic E-state index is 0.313. The van der Waals surface area contributed by atoms with E-state index in [9.17, 15) is 4.79 Å². The van der Waals surface area contributed by atoms with Crippen LogP contribution in [0.3, 0.4) is 0 Å². The second-order valence-corrected chi connectivity index (χ2v) is 5.63. The largest absolute Gasteiger partial charge is 0.356 e. The van der Waals surface area contributed by atoms with Gasteiger partial charge in [-0.15, -0.1) is 0 Å². The normalized spacial score (nSPS) is 26.7. The lowest BCUT2D eigenvalue weighted by Crippen LogP contribution is -2.36. The molecule has 17 heavy (non-hydrogen) atoms. The topological polar surface area (TPSA) is 41.1 Å². The molecule has 1 heterocycles. The Labute approximate surface area is 105 Å². The first-order valence-corrected chi connectivity index (χ1v) is 7.34. The van der Waals surface area contributed by atoms with Crippen LogP contribution >= 0.6 is 0 Å². The molecule has 1 atom stereocenters. The minimum Gasteiger partial charge on any atom is -0.356 e. The van der Waals surface area contributed by atoms with E-state index in [1.54, 1.807) is 0 Å². The van der Waals surface area contributed by atoms with Gasteiger partial charge >= 0.3 is 0 Å². The molecule has 1 aliphatic heterocycles. The van der Waals surface area contributed by atoms with Crippen LogP contribution in [0.25, 0.3) is 0 Å². The number of amides is 1. The fourth-order valence-corrected chi connectivity index (χ4v) is 3.08. The van der Waals surface area contributed by atoms with E-state index < -0.39 is 0 Å². The van der Waals surface area contributed by atoms with Crippen LogP contribution in [0.2, 0.25) is 0 Å². The van der Waals surface area contributed by atoms with Crippen molar-refractivity contribution >= 4 is 5.91 Å². The number of hydrogen-bond donors (Lipinski definition) is 2. The Morgan fingerprint density at radius 2 is 1.94 bits per heavy atom. The Morgan fingerprint density at radius 1 is 1.12 bits per heavy atom. The molecule has 1 amide bonds. The number of carbonyl (C=O) groups is 1. The second kappa shape index (κ2) is 7.00. The molecule has 1 unspecified atom stereocenters. The lowest BCUT2D eigenvalue weighted by atomic mass is 9.88. The molecule has 1 saturated heterocycles. The Balaban J connectivity index is 1.58. The summed E-state index contributed by atoms with van der Waals surface area (Å²) in [4.78, 5) is 11.9. The van der Waals surface area contributed by atoms with Gasteiger partial charge in [-0.1, -0.05) is 19.3 Å². The maximum absolute atomic E-state index is 11.9. The van der Waals surface area contributed by atoms with E-state index in [0.29, 0.717) is 11.8 Å². The highest BCUT2D eigenvalue weighted by Crippen LogP contribution is 2.23. The van der Waals surface area contributed by atoms with Gasteiger partial charge in [0.1, 0.15) is 0 Å². The highest BCUT2D eigenvalue weighted by Gasteiger charge is 2.21. The summed E-state index contributed by atoms with van der Waals surface area (Å²) in [5, 5.41) is 6.56. The molecule has 0 aromatic rings. The zero-order valence-electron chi connectivity index (χ0n) is 10.8. The highest BCUT2D eigenvalue weighted by atomic mass is 16.1. The summed E-state index contributed by atoms with van der Waals surface area (Å²) in [6.45, 7) is 3.19. The molecule has 1 aliphatic carbocycles. The van der Waals surface area contributed by atoms with Crippen LogP contribution in [0.4, 0.5) is 0 Å². The van der Waals surface area contributed by atoms with Crippen molar-refractivity contribution in [1.29, 1.82) is 0 Å². The summed E-state index contributed by atoms with van der Waals surface area (Å²) in [6.07, 6.45) is 9.78. The van der Waals surface area contributed by atoms with Crippen molar-refractivity contribution < 1.29 is 4.79 Å². The van der Waals surface area contributed by atoms with Crippen LogP contribution in [-0.2, 0) is 4.79 Å². The van der Waals surface area contributed by atoms with Crippen LogP contribution in [-0.4, -0.2) is 25.5 Å².